The van der Waals surface area contributed by atoms with Gasteiger partial charge in [0.15, 0.2) is 0 Å². The Kier molecular flexibility index (Phi) is 4.20. The molecule has 3 rings (SSSR count). The van der Waals surface area contributed by atoms with E-state index in [0.29, 0.717) is 0 Å². The quantitative estimate of drug-likeness (QED) is 0.590. The highest BCUT2D eigenvalue weighted by Crippen LogP contribution is 2.34. The second kappa shape index (κ2) is 6.29. The Morgan fingerprint density at radius 1 is 0.696 bits per heavy atom. The topological polar surface area (TPSA) is 12.0 Å². The summed E-state index contributed by atoms with van der Waals surface area (Å²) < 4.78 is 0. The average Bonchev–Trinajstić information content (AvgIpc) is 2.56. The molecule has 0 unspecified atom stereocenters. The highest BCUT2D eigenvalue weighted by Gasteiger charge is 2.16. The van der Waals surface area contributed by atoms with Crippen LogP contribution in [0.5, 0.6) is 0 Å². The van der Waals surface area contributed by atoms with E-state index in [1.54, 1.807) is 0 Å². The number of para-hydroxylation sites is 1. The third-order valence-electron chi connectivity index (χ3n) is 4.02. The first-order chi connectivity index (χ1) is 11.0. The first kappa shape index (κ1) is 15.4. The van der Waals surface area contributed by atoms with Crippen LogP contribution in [0.3, 0.4) is 0 Å². The van der Waals surface area contributed by atoms with Gasteiger partial charge in [0.1, 0.15) is 0 Å². The molecular formula is C22H23N. The van der Waals surface area contributed by atoms with E-state index in [9.17, 15) is 0 Å². The molecule has 0 spiro atoms. The van der Waals surface area contributed by atoms with Gasteiger partial charge in [-0.1, -0.05) is 81.4 Å². The number of nitrogens with one attached hydrogen (secondary N) is 1. The van der Waals surface area contributed by atoms with Gasteiger partial charge in [-0.25, -0.2) is 0 Å². The molecular weight excluding hydrogens is 278 g/mol. The van der Waals surface area contributed by atoms with E-state index >= 15 is 0 Å². The second-order valence-electron chi connectivity index (χ2n) is 6.87. The molecule has 0 amide bonds. The van der Waals surface area contributed by atoms with Crippen LogP contribution in [0.1, 0.15) is 26.3 Å². The normalized spacial score (nSPS) is 11.3. The van der Waals surface area contributed by atoms with Crippen molar-refractivity contribution in [3.63, 3.8) is 0 Å². The van der Waals surface area contributed by atoms with Crippen molar-refractivity contribution in [1.29, 1.82) is 0 Å². The van der Waals surface area contributed by atoms with Gasteiger partial charge >= 0.3 is 0 Å². The lowest BCUT2D eigenvalue weighted by Crippen LogP contribution is -2.11. The van der Waals surface area contributed by atoms with Crippen molar-refractivity contribution in [3.8, 4) is 11.1 Å². The molecule has 0 saturated carbocycles. The first-order valence-electron chi connectivity index (χ1n) is 8.06. The van der Waals surface area contributed by atoms with Gasteiger partial charge in [0.2, 0.25) is 0 Å². The molecule has 0 atom stereocenters. The number of hydrogen-bond donors (Lipinski definition) is 1. The minimum atomic E-state index is 0.127. The molecule has 0 aliphatic carbocycles. The van der Waals surface area contributed by atoms with E-state index in [4.69, 9.17) is 0 Å². The van der Waals surface area contributed by atoms with Crippen LogP contribution < -0.4 is 5.32 Å². The van der Waals surface area contributed by atoms with Crippen molar-refractivity contribution in [2.24, 2.45) is 0 Å². The molecule has 0 heterocycles. The van der Waals surface area contributed by atoms with Crippen LogP contribution in [0, 0.1) is 0 Å². The van der Waals surface area contributed by atoms with E-state index in [-0.39, 0.29) is 5.41 Å². The third kappa shape index (κ3) is 3.62. The summed E-state index contributed by atoms with van der Waals surface area (Å²) >= 11 is 0. The Hall–Kier alpha value is -2.54. The zero-order valence-electron chi connectivity index (χ0n) is 14.0. The fraction of sp³-hybridized carbons (Fsp3) is 0.182. The second-order valence-corrected chi connectivity index (χ2v) is 6.87. The van der Waals surface area contributed by atoms with Gasteiger partial charge in [-0.15, -0.1) is 0 Å². The summed E-state index contributed by atoms with van der Waals surface area (Å²) in [7, 11) is 0. The summed E-state index contributed by atoms with van der Waals surface area (Å²) in [5.41, 5.74) is 6.16. The predicted octanol–water partition coefficient (Wildman–Crippen LogP) is 6.39. The molecule has 0 radical (unpaired) electrons. The van der Waals surface area contributed by atoms with Gasteiger partial charge in [0.25, 0.3) is 0 Å². The Morgan fingerprint density at radius 3 is 1.91 bits per heavy atom. The van der Waals surface area contributed by atoms with E-state index in [0.717, 1.165) is 11.4 Å². The maximum absolute atomic E-state index is 3.58. The minimum absolute atomic E-state index is 0.127. The van der Waals surface area contributed by atoms with E-state index in [2.05, 4.69) is 98.9 Å². The molecule has 0 saturated heterocycles. The maximum atomic E-state index is 3.58. The standard InChI is InChI=1S/C22H23N/c1-22(2,3)18-14-15-20(17-10-6-4-7-11-17)21(16-18)23-19-12-8-5-9-13-19/h4-16,23H,1-3H3. The zero-order chi connectivity index (χ0) is 16.3. The predicted molar refractivity (Wildman–Crippen MR) is 100 cm³/mol. The molecule has 0 bridgehead atoms. The van der Waals surface area contributed by atoms with Gasteiger partial charge in [0, 0.05) is 16.9 Å². The van der Waals surface area contributed by atoms with Crippen molar-refractivity contribution in [1.82, 2.24) is 0 Å². The van der Waals surface area contributed by atoms with Crippen LogP contribution in [0.2, 0.25) is 0 Å². The SMILES string of the molecule is CC(C)(C)c1ccc(-c2ccccc2)c(Nc2ccccc2)c1. The van der Waals surface area contributed by atoms with E-state index < -0.39 is 0 Å². The Morgan fingerprint density at radius 2 is 1.30 bits per heavy atom. The fourth-order valence-corrected chi connectivity index (χ4v) is 2.66. The van der Waals surface area contributed by atoms with Crippen LogP contribution in [-0.4, -0.2) is 0 Å². The summed E-state index contributed by atoms with van der Waals surface area (Å²) in [4.78, 5) is 0. The number of rotatable bonds is 3. The summed E-state index contributed by atoms with van der Waals surface area (Å²) in [6, 6.07) is 27.6. The molecule has 23 heavy (non-hydrogen) atoms. The lowest BCUT2D eigenvalue weighted by Gasteiger charge is -2.22. The van der Waals surface area contributed by atoms with Crippen LogP contribution in [0.4, 0.5) is 11.4 Å². The number of hydrogen-bond acceptors (Lipinski definition) is 1. The van der Waals surface area contributed by atoms with Gasteiger partial charge in [0.05, 0.1) is 0 Å². The van der Waals surface area contributed by atoms with Crippen LogP contribution in [-0.2, 0) is 5.41 Å². The summed E-state index contributed by atoms with van der Waals surface area (Å²) in [5, 5.41) is 3.58. The molecule has 1 heteroatoms. The molecule has 0 aromatic heterocycles. The van der Waals surface area contributed by atoms with Gasteiger partial charge < -0.3 is 5.32 Å². The summed E-state index contributed by atoms with van der Waals surface area (Å²) in [6.07, 6.45) is 0. The van der Waals surface area contributed by atoms with Crippen molar-refractivity contribution < 1.29 is 0 Å². The largest absolute Gasteiger partial charge is 0.355 e. The van der Waals surface area contributed by atoms with Crippen molar-refractivity contribution >= 4 is 11.4 Å². The molecule has 0 fully saturated rings. The maximum Gasteiger partial charge on any atom is 0.0466 e. The third-order valence-corrected chi connectivity index (χ3v) is 4.02. The molecule has 3 aromatic carbocycles. The first-order valence-corrected chi connectivity index (χ1v) is 8.06. The van der Waals surface area contributed by atoms with Crippen molar-refractivity contribution in [2.45, 2.75) is 26.2 Å². The summed E-state index contributed by atoms with van der Waals surface area (Å²) in [5.74, 6) is 0. The Bertz CT molecular complexity index is 768. The van der Waals surface area contributed by atoms with E-state index in [1.165, 1.54) is 16.7 Å². The molecule has 1 nitrogen and oxygen atoms in total. The highest BCUT2D eigenvalue weighted by molar-refractivity contribution is 5.81. The smallest absolute Gasteiger partial charge is 0.0466 e. The van der Waals surface area contributed by atoms with E-state index in [1.807, 2.05) is 6.07 Å². The average molecular weight is 301 g/mol. The number of benzene rings is 3. The van der Waals surface area contributed by atoms with Crippen LogP contribution in [0.25, 0.3) is 11.1 Å². The minimum Gasteiger partial charge on any atom is -0.355 e. The van der Waals surface area contributed by atoms with Gasteiger partial charge in [-0.3, -0.25) is 0 Å². The van der Waals surface area contributed by atoms with Crippen LogP contribution >= 0.6 is 0 Å². The molecule has 3 aromatic rings. The van der Waals surface area contributed by atoms with Crippen molar-refractivity contribution in [2.75, 3.05) is 5.32 Å². The highest BCUT2D eigenvalue weighted by atomic mass is 14.9. The fourth-order valence-electron chi connectivity index (χ4n) is 2.66. The lowest BCUT2D eigenvalue weighted by molar-refractivity contribution is 0.590. The van der Waals surface area contributed by atoms with Gasteiger partial charge in [-0.05, 0) is 34.7 Å². The molecule has 0 aliphatic rings. The molecule has 116 valence electrons. The molecule has 0 aliphatic heterocycles. The zero-order valence-corrected chi connectivity index (χ0v) is 14.0. The Labute approximate surface area is 139 Å². The number of anilines is 2. The summed E-state index contributed by atoms with van der Waals surface area (Å²) in [6.45, 7) is 6.74. The van der Waals surface area contributed by atoms with Gasteiger partial charge in [-0.2, -0.15) is 0 Å². The van der Waals surface area contributed by atoms with Crippen molar-refractivity contribution in [3.05, 3.63) is 84.4 Å². The molecule has 1 N–H and O–H groups in total. The lowest BCUT2D eigenvalue weighted by atomic mass is 9.85. The Balaban J connectivity index is 2.08. The van der Waals surface area contributed by atoms with Crippen LogP contribution in [0.15, 0.2) is 78.9 Å². The monoisotopic (exact) mass is 301 g/mol.